The topological polar surface area (TPSA) is 72.9 Å². The van der Waals surface area contributed by atoms with Crippen molar-refractivity contribution >= 4 is 23.8 Å². The van der Waals surface area contributed by atoms with Gasteiger partial charge in [0.25, 0.3) is 5.91 Å². The zero-order valence-electron chi connectivity index (χ0n) is 20.2. The fourth-order valence-corrected chi connectivity index (χ4v) is 4.27. The summed E-state index contributed by atoms with van der Waals surface area (Å²) in [7, 11) is 0. The van der Waals surface area contributed by atoms with Crippen LogP contribution in [0.2, 0.25) is 0 Å². The summed E-state index contributed by atoms with van der Waals surface area (Å²) < 4.78 is 0. The van der Waals surface area contributed by atoms with Crippen LogP contribution in [0.15, 0.2) is 91.0 Å². The van der Waals surface area contributed by atoms with Gasteiger partial charge in [-0.15, -0.1) is 0 Å². The third-order valence-electron chi connectivity index (χ3n) is 6.21. The lowest BCUT2D eigenvalue weighted by molar-refractivity contribution is -0.124. The summed E-state index contributed by atoms with van der Waals surface area (Å²) in [6.45, 7) is 5.91. The van der Waals surface area contributed by atoms with E-state index in [1.54, 1.807) is 23.7 Å². The number of piperazine rings is 1. The van der Waals surface area contributed by atoms with Gasteiger partial charge < -0.3 is 0 Å². The van der Waals surface area contributed by atoms with Gasteiger partial charge in [0.1, 0.15) is 0 Å². The molecule has 2 N–H and O–H groups in total. The van der Waals surface area contributed by atoms with Gasteiger partial charge in [0.05, 0.1) is 0 Å². The molecule has 184 valence electrons. The molecule has 0 spiro atoms. The van der Waals surface area contributed by atoms with Crippen molar-refractivity contribution in [1.29, 1.82) is 0 Å². The van der Waals surface area contributed by atoms with Gasteiger partial charge in [-0.25, -0.2) is 5.48 Å². The van der Waals surface area contributed by atoms with E-state index in [9.17, 15) is 9.59 Å². The number of hydrogen-bond donors (Lipinski definition) is 2. The molecule has 0 aliphatic carbocycles. The van der Waals surface area contributed by atoms with Crippen LogP contribution >= 0.6 is 0 Å². The van der Waals surface area contributed by atoms with Gasteiger partial charge in [0.2, 0.25) is 0 Å². The molecule has 0 radical (unpaired) electrons. The van der Waals surface area contributed by atoms with Crippen LogP contribution in [0.5, 0.6) is 0 Å². The molecule has 1 saturated heterocycles. The van der Waals surface area contributed by atoms with E-state index in [1.807, 2.05) is 42.5 Å². The molecule has 1 aliphatic heterocycles. The van der Waals surface area contributed by atoms with E-state index in [4.69, 9.17) is 5.21 Å². The van der Waals surface area contributed by atoms with Gasteiger partial charge >= 0.3 is 0 Å². The molecule has 0 aromatic heterocycles. The summed E-state index contributed by atoms with van der Waals surface area (Å²) in [5.74, 6) is -0.648. The minimum absolute atomic E-state index is 0.0508. The van der Waals surface area contributed by atoms with E-state index in [-0.39, 0.29) is 5.78 Å². The van der Waals surface area contributed by atoms with Crippen molar-refractivity contribution in [3.05, 3.63) is 119 Å². The number of carbonyl (C=O) groups excluding carboxylic acids is 2. The molecule has 0 saturated carbocycles. The van der Waals surface area contributed by atoms with Crippen molar-refractivity contribution in [2.75, 3.05) is 26.2 Å². The Morgan fingerprint density at radius 3 is 1.97 bits per heavy atom. The molecule has 6 nitrogen and oxygen atoms in total. The second-order valence-electron chi connectivity index (χ2n) is 8.92. The number of carbonyl (C=O) groups is 2. The highest BCUT2D eigenvalue weighted by molar-refractivity contribution is 6.06. The third-order valence-corrected chi connectivity index (χ3v) is 6.21. The van der Waals surface area contributed by atoms with Crippen LogP contribution in [0.1, 0.15) is 32.6 Å². The lowest BCUT2D eigenvalue weighted by atomic mass is 10.0. The number of nitrogens with zero attached hydrogens (tertiary/aromatic N) is 2. The average molecular weight is 482 g/mol. The molecular formula is C30H31N3O3. The van der Waals surface area contributed by atoms with Crippen molar-refractivity contribution in [3.8, 4) is 0 Å². The summed E-state index contributed by atoms with van der Waals surface area (Å²) in [5, 5.41) is 8.59. The predicted octanol–water partition coefficient (Wildman–Crippen LogP) is 4.42. The van der Waals surface area contributed by atoms with E-state index >= 15 is 0 Å². The zero-order valence-corrected chi connectivity index (χ0v) is 20.2. The minimum atomic E-state index is -0.597. The van der Waals surface area contributed by atoms with Gasteiger partial charge in [-0.3, -0.25) is 24.6 Å². The van der Waals surface area contributed by atoms with E-state index < -0.39 is 5.91 Å². The highest BCUT2D eigenvalue weighted by Crippen LogP contribution is 2.15. The standard InChI is InChI=1S/C30H31N3O3/c34-29(14-12-24-8-4-9-25(20-24)13-15-30(35)31-36)28-11-5-10-27(21-28)23-33-18-16-32(17-19-33)22-26-6-2-1-3-7-26/h1-15,20-21,36H,16-19,22-23H2,(H,31,35). The normalized spacial score (nSPS) is 14.9. The van der Waals surface area contributed by atoms with Gasteiger partial charge in [-0.1, -0.05) is 72.8 Å². The number of hydroxylamine groups is 1. The first-order valence-corrected chi connectivity index (χ1v) is 12.1. The molecule has 1 heterocycles. The van der Waals surface area contributed by atoms with Crippen LogP contribution < -0.4 is 5.48 Å². The lowest BCUT2D eigenvalue weighted by Gasteiger charge is -2.34. The molecule has 1 fully saturated rings. The zero-order chi connectivity index (χ0) is 25.2. The van der Waals surface area contributed by atoms with Crippen LogP contribution in [0.25, 0.3) is 12.2 Å². The van der Waals surface area contributed by atoms with E-state index in [2.05, 4.69) is 46.2 Å². The second-order valence-corrected chi connectivity index (χ2v) is 8.92. The van der Waals surface area contributed by atoms with Crippen LogP contribution in [-0.2, 0) is 17.9 Å². The second kappa shape index (κ2) is 12.7. The van der Waals surface area contributed by atoms with Gasteiger partial charge in [0.15, 0.2) is 5.78 Å². The number of allylic oxidation sites excluding steroid dienone is 1. The largest absolute Gasteiger partial charge is 0.297 e. The number of amides is 1. The predicted molar refractivity (Wildman–Crippen MR) is 142 cm³/mol. The Hall–Kier alpha value is -3.84. The van der Waals surface area contributed by atoms with Crippen LogP contribution in [0.4, 0.5) is 0 Å². The Labute approximate surface area is 212 Å². The first-order chi connectivity index (χ1) is 17.6. The Kier molecular flexibility index (Phi) is 8.94. The Bertz CT molecular complexity index is 1230. The number of ketones is 1. The molecule has 4 rings (SSSR count). The molecule has 1 amide bonds. The number of rotatable bonds is 9. The van der Waals surface area contributed by atoms with Gasteiger partial charge in [0, 0.05) is 50.9 Å². The van der Waals surface area contributed by atoms with Crippen LogP contribution in [0, 0.1) is 0 Å². The molecule has 0 unspecified atom stereocenters. The first kappa shape index (κ1) is 25.3. The minimum Gasteiger partial charge on any atom is -0.297 e. The third kappa shape index (κ3) is 7.58. The first-order valence-electron chi connectivity index (χ1n) is 12.1. The molecule has 0 atom stereocenters. The Morgan fingerprint density at radius 2 is 1.31 bits per heavy atom. The van der Waals surface area contributed by atoms with Crippen molar-refractivity contribution in [1.82, 2.24) is 15.3 Å². The number of hydrogen-bond acceptors (Lipinski definition) is 5. The number of benzene rings is 3. The average Bonchev–Trinajstić information content (AvgIpc) is 2.92. The van der Waals surface area contributed by atoms with Crippen LogP contribution in [-0.4, -0.2) is 52.9 Å². The summed E-state index contributed by atoms with van der Waals surface area (Å²) in [5.41, 5.74) is 6.35. The molecule has 1 aliphatic rings. The van der Waals surface area contributed by atoms with Crippen molar-refractivity contribution < 1.29 is 14.8 Å². The fourth-order valence-electron chi connectivity index (χ4n) is 4.27. The fraction of sp³-hybridized carbons (Fsp3) is 0.200. The SMILES string of the molecule is O=C(C=Cc1cccc(C=CC(=O)c2cccc(CN3CCN(Cc4ccccc4)CC3)c2)c1)NO. The quantitative estimate of drug-likeness (QED) is 0.205. The molecular weight excluding hydrogens is 450 g/mol. The summed E-state index contributed by atoms with van der Waals surface area (Å²) in [6.07, 6.45) is 6.17. The van der Waals surface area contributed by atoms with Crippen LogP contribution in [0.3, 0.4) is 0 Å². The van der Waals surface area contributed by atoms with E-state index in [0.29, 0.717) is 5.56 Å². The molecule has 36 heavy (non-hydrogen) atoms. The molecule has 6 heteroatoms. The van der Waals surface area contributed by atoms with E-state index in [0.717, 1.165) is 56.0 Å². The monoisotopic (exact) mass is 481 g/mol. The smallest absolute Gasteiger partial charge is 0.267 e. The number of nitrogens with one attached hydrogen (secondary N) is 1. The Morgan fingerprint density at radius 1 is 0.722 bits per heavy atom. The van der Waals surface area contributed by atoms with Gasteiger partial charge in [-0.2, -0.15) is 0 Å². The summed E-state index contributed by atoms with van der Waals surface area (Å²) in [6, 6.07) is 25.9. The summed E-state index contributed by atoms with van der Waals surface area (Å²) in [4.78, 5) is 28.9. The molecule has 0 bridgehead atoms. The maximum absolute atomic E-state index is 12.8. The summed E-state index contributed by atoms with van der Waals surface area (Å²) >= 11 is 0. The van der Waals surface area contributed by atoms with Crippen molar-refractivity contribution in [2.24, 2.45) is 0 Å². The maximum atomic E-state index is 12.8. The maximum Gasteiger partial charge on any atom is 0.267 e. The molecule has 3 aromatic rings. The Balaban J connectivity index is 1.31. The van der Waals surface area contributed by atoms with Crippen molar-refractivity contribution in [3.63, 3.8) is 0 Å². The van der Waals surface area contributed by atoms with E-state index in [1.165, 1.54) is 11.6 Å². The highest BCUT2D eigenvalue weighted by atomic mass is 16.5. The highest BCUT2D eigenvalue weighted by Gasteiger charge is 2.17. The lowest BCUT2D eigenvalue weighted by Crippen LogP contribution is -2.45. The van der Waals surface area contributed by atoms with Crippen molar-refractivity contribution in [2.45, 2.75) is 13.1 Å². The molecule has 3 aromatic carbocycles. The van der Waals surface area contributed by atoms with Gasteiger partial charge in [-0.05, 0) is 46.5 Å².